The molecule has 2 aromatic rings. The number of benzene rings is 1. The Balaban J connectivity index is 1.57. The van der Waals surface area contributed by atoms with Gasteiger partial charge in [-0.15, -0.1) is 4.83 Å². The molecule has 0 atom stereocenters. The molecule has 3 rings (SSSR count). The first-order chi connectivity index (χ1) is 15.9. The van der Waals surface area contributed by atoms with E-state index in [-0.39, 0.29) is 28.8 Å². The number of hydrogen-bond donors (Lipinski definition) is 3. The number of carbonyl (C=O) groups excluding carboxylic acids is 2. The number of carbonyl (C=O) groups is 2. The Morgan fingerprint density at radius 1 is 1.24 bits per heavy atom. The normalized spacial score (nSPS) is 18.4. The van der Waals surface area contributed by atoms with Crippen LogP contribution in [0.3, 0.4) is 0 Å². The number of aryl methyl sites for hydroxylation is 1. The van der Waals surface area contributed by atoms with Crippen LogP contribution in [-0.4, -0.2) is 60.7 Å². The molecule has 1 aliphatic carbocycles. The lowest BCUT2D eigenvalue weighted by Gasteiger charge is -2.29. The number of nitrogens with zero attached hydrogens (tertiary/aromatic N) is 3. The minimum absolute atomic E-state index is 0.000575. The molecule has 186 valence electrons. The van der Waals surface area contributed by atoms with Crippen LogP contribution in [0.15, 0.2) is 24.7 Å². The van der Waals surface area contributed by atoms with Gasteiger partial charge in [0.25, 0.3) is 5.91 Å². The zero-order chi connectivity index (χ0) is 25.0. The highest BCUT2D eigenvalue weighted by atomic mass is 35.5. The number of rotatable bonds is 7. The van der Waals surface area contributed by atoms with E-state index in [4.69, 9.17) is 11.6 Å². The average Bonchev–Trinajstić information content (AvgIpc) is 3.21. The minimum atomic E-state index is -3.87. The molecule has 0 spiro atoms. The van der Waals surface area contributed by atoms with Crippen LogP contribution in [0.1, 0.15) is 36.0 Å². The Hall–Kier alpha value is -2.70. The first-order valence-corrected chi connectivity index (χ1v) is 12.7. The molecule has 34 heavy (non-hydrogen) atoms. The summed E-state index contributed by atoms with van der Waals surface area (Å²) in [5.74, 6) is -2.26. The van der Waals surface area contributed by atoms with Crippen LogP contribution in [0.4, 0.5) is 9.18 Å². The third kappa shape index (κ3) is 6.67. The van der Waals surface area contributed by atoms with E-state index in [1.807, 2.05) is 4.83 Å². The lowest BCUT2D eigenvalue weighted by Crippen LogP contribution is -2.46. The molecule has 1 saturated carbocycles. The fourth-order valence-corrected chi connectivity index (χ4v) is 5.29. The number of amides is 3. The van der Waals surface area contributed by atoms with E-state index in [2.05, 4.69) is 15.7 Å². The molecular formula is C21H28ClFN6O4S. The number of aromatic nitrogens is 2. The Bertz CT molecular complexity index is 1160. The molecule has 0 saturated heterocycles. The number of hydrazine groups is 1. The molecule has 3 N–H and O–H groups in total. The van der Waals surface area contributed by atoms with Gasteiger partial charge in [-0.05, 0) is 43.7 Å². The zero-order valence-corrected chi connectivity index (χ0v) is 20.7. The van der Waals surface area contributed by atoms with Crippen LogP contribution >= 0.6 is 11.6 Å². The summed E-state index contributed by atoms with van der Waals surface area (Å²) in [4.78, 5) is 31.9. The molecule has 1 aromatic heterocycles. The number of imidazole rings is 1. The van der Waals surface area contributed by atoms with E-state index in [1.54, 1.807) is 38.2 Å². The Morgan fingerprint density at radius 2 is 1.91 bits per heavy atom. The Kier molecular flexibility index (Phi) is 8.16. The third-order valence-electron chi connectivity index (χ3n) is 5.63. The molecule has 1 heterocycles. The van der Waals surface area contributed by atoms with Crippen molar-refractivity contribution in [3.8, 4) is 11.3 Å². The van der Waals surface area contributed by atoms with Crippen LogP contribution in [0, 0.1) is 11.7 Å². The predicted molar refractivity (Wildman–Crippen MR) is 126 cm³/mol. The number of sulfonamides is 1. The van der Waals surface area contributed by atoms with Crippen molar-refractivity contribution in [3.63, 3.8) is 0 Å². The molecule has 13 heteroatoms. The van der Waals surface area contributed by atoms with Gasteiger partial charge in [0.05, 0.1) is 28.4 Å². The molecular weight excluding hydrogens is 487 g/mol. The summed E-state index contributed by atoms with van der Waals surface area (Å²) in [5, 5.41) is 2.62. The smallest absolute Gasteiger partial charge is 0.317 e. The van der Waals surface area contributed by atoms with Gasteiger partial charge < -0.3 is 14.8 Å². The zero-order valence-electron chi connectivity index (χ0n) is 19.1. The highest BCUT2D eigenvalue weighted by Gasteiger charge is 2.27. The van der Waals surface area contributed by atoms with Gasteiger partial charge in [0.1, 0.15) is 0 Å². The van der Waals surface area contributed by atoms with Crippen molar-refractivity contribution in [2.24, 2.45) is 13.0 Å². The summed E-state index contributed by atoms with van der Waals surface area (Å²) in [6, 6.07) is 2.43. The van der Waals surface area contributed by atoms with Crippen molar-refractivity contribution in [3.05, 3.63) is 41.1 Å². The number of hydrogen-bond acceptors (Lipinski definition) is 5. The molecule has 10 nitrogen and oxygen atoms in total. The van der Waals surface area contributed by atoms with Gasteiger partial charge in [0.2, 0.25) is 10.0 Å². The maximum absolute atomic E-state index is 14.5. The number of urea groups is 1. The third-order valence-corrected chi connectivity index (χ3v) is 7.23. The molecule has 0 radical (unpaired) electrons. The predicted octanol–water partition coefficient (Wildman–Crippen LogP) is 2.27. The molecule has 0 unspecified atom stereocenters. The van der Waals surface area contributed by atoms with Crippen LogP contribution < -0.4 is 15.6 Å². The summed E-state index contributed by atoms with van der Waals surface area (Å²) in [5.41, 5.74) is 2.55. The van der Waals surface area contributed by atoms with Crippen molar-refractivity contribution in [2.75, 3.05) is 19.8 Å². The van der Waals surface area contributed by atoms with E-state index in [0.717, 1.165) is 0 Å². The van der Waals surface area contributed by atoms with Crippen molar-refractivity contribution in [1.82, 2.24) is 30.0 Å². The fourth-order valence-electron chi connectivity index (χ4n) is 3.78. The Morgan fingerprint density at radius 3 is 2.50 bits per heavy atom. The van der Waals surface area contributed by atoms with E-state index in [1.165, 1.54) is 17.0 Å². The van der Waals surface area contributed by atoms with Gasteiger partial charge >= 0.3 is 6.03 Å². The van der Waals surface area contributed by atoms with Crippen LogP contribution in [0.2, 0.25) is 5.02 Å². The van der Waals surface area contributed by atoms with Gasteiger partial charge in [-0.25, -0.2) is 22.6 Å². The molecule has 1 aromatic carbocycles. The largest absolute Gasteiger partial charge is 0.340 e. The van der Waals surface area contributed by atoms with Gasteiger partial charge in [-0.1, -0.05) is 11.6 Å². The fraction of sp³-hybridized carbons (Fsp3) is 0.476. The summed E-state index contributed by atoms with van der Waals surface area (Å²) in [7, 11) is 1.20. The number of halogens is 2. The maximum Gasteiger partial charge on any atom is 0.317 e. The van der Waals surface area contributed by atoms with Crippen LogP contribution in [-0.2, 0) is 17.1 Å². The minimum Gasteiger partial charge on any atom is -0.340 e. The van der Waals surface area contributed by atoms with Crippen LogP contribution in [0.25, 0.3) is 11.3 Å². The molecule has 1 fully saturated rings. The summed E-state index contributed by atoms with van der Waals surface area (Å²) >= 11 is 5.94. The van der Waals surface area contributed by atoms with Crippen molar-refractivity contribution >= 4 is 33.6 Å². The standard InChI is InChI=1S/C21H28ClFN6O4S/c1-28(2)21(31)25-15-6-4-13(5-7-15)11-34(32,33)27-26-20(30)16-8-14(9-17(22)19(16)23)18-10-29(3)12-24-18/h8-10,12-13,15,27H,4-7,11H2,1-3H3,(H,25,31)(H,26,30). The topological polar surface area (TPSA) is 125 Å². The summed E-state index contributed by atoms with van der Waals surface area (Å²) < 4.78 is 41.2. The lowest BCUT2D eigenvalue weighted by molar-refractivity contribution is 0.0941. The molecule has 3 amide bonds. The van der Waals surface area contributed by atoms with E-state index in [0.29, 0.717) is 36.9 Å². The summed E-state index contributed by atoms with van der Waals surface area (Å²) in [6.45, 7) is 0. The monoisotopic (exact) mass is 514 g/mol. The molecule has 0 bridgehead atoms. The SMILES string of the molecule is CN(C)C(=O)NC1CCC(CS(=O)(=O)NNC(=O)c2cc(-c3cn(C)cn3)cc(Cl)c2F)CC1. The second-order valence-electron chi connectivity index (χ2n) is 8.64. The van der Waals surface area contributed by atoms with Crippen molar-refractivity contribution in [2.45, 2.75) is 31.7 Å². The van der Waals surface area contributed by atoms with Crippen molar-refractivity contribution in [1.29, 1.82) is 0 Å². The van der Waals surface area contributed by atoms with Crippen LogP contribution in [0.5, 0.6) is 0 Å². The second-order valence-corrected chi connectivity index (χ2v) is 10.8. The number of nitrogens with one attached hydrogen (secondary N) is 3. The van der Waals surface area contributed by atoms with E-state index < -0.39 is 27.3 Å². The first-order valence-electron chi connectivity index (χ1n) is 10.7. The average molecular weight is 515 g/mol. The van der Waals surface area contributed by atoms with Gasteiger partial charge in [-0.3, -0.25) is 10.2 Å². The van der Waals surface area contributed by atoms with Crippen molar-refractivity contribution < 1.29 is 22.4 Å². The lowest BCUT2D eigenvalue weighted by atomic mass is 9.87. The van der Waals surface area contributed by atoms with Gasteiger partial charge in [-0.2, -0.15) is 0 Å². The quantitative estimate of drug-likeness (QED) is 0.489. The van der Waals surface area contributed by atoms with Gasteiger partial charge in [0, 0.05) is 38.9 Å². The highest BCUT2D eigenvalue weighted by Crippen LogP contribution is 2.27. The summed E-state index contributed by atoms with van der Waals surface area (Å²) in [6.07, 6.45) is 5.78. The van der Waals surface area contributed by atoms with Gasteiger partial charge in [0.15, 0.2) is 5.82 Å². The highest BCUT2D eigenvalue weighted by molar-refractivity contribution is 7.89. The Labute approximate surface area is 202 Å². The first kappa shape index (κ1) is 25.9. The molecule has 0 aliphatic heterocycles. The second kappa shape index (κ2) is 10.7. The van der Waals surface area contributed by atoms with E-state index >= 15 is 0 Å². The molecule has 1 aliphatic rings. The van der Waals surface area contributed by atoms with E-state index in [9.17, 15) is 22.4 Å². The maximum atomic E-state index is 14.5.